The third-order valence-corrected chi connectivity index (χ3v) is 5.48. The van der Waals surface area contributed by atoms with E-state index in [2.05, 4.69) is 15.5 Å². The molecular formula is C24H27N3O5. The molecule has 0 aromatic heterocycles. The van der Waals surface area contributed by atoms with E-state index in [0.29, 0.717) is 24.6 Å². The van der Waals surface area contributed by atoms with E-state index in [1.54, 1.807) is 24.3 Å². The second-order valence-corrected chi connectivity index (χ2v) is 8.03. The van der Waals surface area contributed by atoms with Crippen molar-refractivity contribution in [1.82, 2.24) is 0 Å². The lowest BCUT2D eigenvalue weighted by atomic mass is 10.2. The van der Waals surface area contributed by atoms with Crippen molar-refractivity contribution in [3.63, 3.8) is 0 Å². The molecule has 8 nitrogen and oxygen atoms in total. The number of morpholine rings is 1. The maximum Gasteiger partial charge on any atom is 0.338 e. The zero-order chi connectivity index (χ0) is 22.5. The fourth-order valence-electron chi connectivity index (χ4n) is 3.42. The smallest absolute Gasteiger partial charge is 0.338 e. The zero-order valence-electron chi connectivity index (χ0n) is 18.0. The maximum absolute atomic E-state index is 12.5. The summed E-state index contributed by atoms with van der Waals surface area (Å²) in [6.07, 6.45) is 0.817. The van der Waals surface area contributed by atoms with Gasteiger partial charge in [0.05, 0.1) is 18.8 Å². The van der Waals surface area contributed by atoms with E-state index in [0.717, 1.165) is 31.6 Å². The second kappa shape index (κ2) is 9.82. The number of nitrogens with zero attached hydrogens (tertiary/aromatic N) is 1. The minimum Gasteiger partial charge on any atom is -0.449 e. The molecule has 0 spiro atoms. The van der Waals surface area contributed by atoms with Crippen molar-refractivity contribution in [1.29, 1.82) is 0 Å². The molecule has 2 amide bonds. The maximum atomic E-state index is 12.5. The van der Waals surface area contributed by atoms with Crippen LogP contribution in [0.2, 0.25) is 0 Å². The number of nitrogens with one attached hydrogen (secondary N) is 2. The number of benzene rings is 2. The Labute approximate surface area is 186 Å². The summed E-state index contributed by atoms with van der Waals surface area (Å²) in [7, 11) is 0. The summed E-state index contributed by atoms with van der Waals surface area (Å²) in [5, 5.41) is 5.57. The lowest BCUT2D eigenvalue weighted by Gasteiger charge is -2.28. The molecule has 1 heterocycles. The Morgan fingerprint density at radius 2 is 1.72 bits per heavy atom. The van der Waals surface area contributed by atoms with Crippen LogP contribution in [-0.4, -0.2) is 50.2 Å². The van der Waals surface area contributed by atoms with Crippen LogP contribution in [-0.2, 0) is 19.1 Å². The van der Waals surface area contributed by atoms with Crippen molar-refractivity contribution < 1.29 is 23.9 Å². The number of rotatable bonds is 7. The van der Waals surface area contributed by atoms with Gasteiger partial charge in [-0.25, -0.2) is 4.79 Å². The zero-order valence-corrected chi connectivity index (χ0v) is 18.0. The second-order valence-electron chi connectivity index (χ2n) is 8.03. The first kappa shape index (κ1) is 21.8. The summed E-state index contributed by atoms with van der Waals surface area (Å²) in [4.78, 5) is 39.1. The van der Waals surface area contributed by atoms with Gasteiger partial charge in [0.15, 0.2) is 6.10 Å². The number of hydrogen-bond acceptors (Lipinski definition) is 6. The SMILES string of the molecule is CC(OC(=O)c1cccc(NC(=O)C2CC2)c1)C(=O)Nc1ccc(N2CCOCC2)cc1. The Morgan fingerprint density at radius 1 is 1.00 bits per heavy atom. The average molecular weight is 437 g/mol. The highest BCUT2D eigenvalue weighted by atomic mass is 16.5. The van der Waals surface area contributed by atoms with E-state index in [9.17, 15) is 14.4 Å². The standard InChI is InChI=1S/C24H27N3O5/c1-16(22(28)25-19-7-9-21(10-8-19)27-11-13-31-14-12-27)32-24(30)18-3-2-4-20(15-18)26-23(29)17-5-6-17/h2-4,7-10,15-17H,5-6,11-14H2,1H3,(H,25,28)(H,26,29). The van der Waals surface area contributed by atoms with Crippen LogP contribution >= 0.6 is 0 Å². The number of esters is 1. The molecule has 168 valence electrons. The van der Waals surface area contributed by atoms with Gasteiger partial charge in [0.25, 0.3) is 5.91 Å². The summed E-state index contributed by atoms with van der Waals surface area (Å²) in [5.74, 6) is -1.02. The Morgan fingerprint density at radius 3 is 2.41 bits per heavy atom. The number of ether oxygens (including phenoxy) is 2. The van der Waals surface area contributed by atoms with Gasteiger partial charge in [-0.1, -0.05) is 6.07 Å². The first-order valence-corrected chi connectivity index (χ1v) is 10.8. The molecule has 1 atom stereocenters. The summed E-state index contributed by atoms with van der Waals surface area (Å²) in [6.45, 7) is 4.61. The van der Waals surface area contributed by atoms with E-state index in [1.807, 2.05) is 24.3 Å². The van der Waals surface area contributed by atoms with Gasteiger partial charge >= 0.3 is 5.97 Å². The molecule has 2 aromatic rings. The molecule has 1 saturated heterocycles. The van der Waals surface area contributed by atoms with Crippen LogP contribution in [0.1, 0.15) is 30.1 Å². The van der Waals surface area contributed by atoms with Crippen molar-refractivity contribution in [2.45, 2.75) is 25.9 Å². The monoisotopic (exact) mass is 437 g/mol. The van der Waals surface area contributed by atoms with Gasteiger partial charge < -0.3 is 25.0 Å². The van der Waals surface area contributed by atoms with E-state index in [1.165, 1.54) is 6.92 Å². The fourth-order valence-corrected chi connectivity index (χ4v) is 3.42. The Balaban J connectivity index is 1.30. The van der Waals surface area contributed by atoms with Gasteiger partial charge in [-0.15, -0.1) is 0 Å². The summed E-state index contributed by atoms with van der Waals surface area (Å²) < 4.78 is 10.7. The van der Waals surface area contributed by atoms with Gasteiger partial charge in [-0.3, -0.25) is 9.59 Å². The number of carbonyl (C=O) groups is 3. The van der Waals surface area contributed by atoms with Gasteiger partial charge in [0.1, 0.15) is 0 Å². The van der Waals surface area contributed by atoms with Crippen molar-refractivity contribution >= 4 is 34.8 Å². The quantitative estimate of drug-likeness (QED) is 0.647. The first-order valence-electron chi connectivity index (χ1n) is 10.8. The first-order chi connectivity index (χ1) is 15.5. The highest BCUT2D eigenvalue weighted by Gasteiger charge is 2.29. The Hall–Kier alpha value is -3.39. The largest absolute Gasteiger partial charge is 0.449 e. The van der Waals surface area contributed by atoms with Crippen molar-refractivity contribution in [3.8, 4) is 0 Å². The summed E-state index contributed by atoms with van der Waals surface area (Å²) >= 11 is 0. The molecule has 2 aromatic carbocycles. The molecule has 2 aliphatic rings. The van der Waals surface area contributed by atoms with Crippen molar-refractivity contribution in [2.24, 2.45) is 5.92 Å². The fraction of sp³-hybridized carbons (Fsp3) is 0.375. The molecule has 1 aliphatic carbocycles. The summed E-state index contributed by atoms with van der Waals surface area (Å²) in [6, 6.07) is 14.1. The topological polar surface area (TPSA) is 97.0 Å². The minimum atomic E-state index is -0.980. The number of hydrogen-bond donors (Lipinski definition) is 2. The number of amides is 2. The molecular weight excluding hydrogens is 410 g/mol. The van der Waals surface area contributed by atoms with Crippen LogP contribution in [0.4, 0.5) is 17.1 Å². The van der Waals surface area contributed by atoms with E-state index in [-0.39, 0.29) is 17.4 Å². The van der Waals surface area contributed by atoms with Gasteiger partial charge in [-0.2, -0.15) is 0 Å². The van der Waals surface area contributed by atoms with Gasteiger partial charge in [-0.05, 0) is 62.2 Å². The molecule has 1 saturated carbocycles. The molecule has 2 N–H and O–H groups in total. The average Bonchev–Trinajstić information content (AvgIpc) is 3.66. The summed E-state index contributed by atoms with van der Waals surface area (Å²) in [5.41, 5.74) is 2.50. The molecule has 1 aliphatic heterocycles. The molecule has 0 radical (unpaired) electrons. The predicted octanol–water partition coefficient (Wildman–Crippen LogP) is 3.06. The van der Waals surface area contributed by atoms with Crippen LogP contribution < -0.4 is 15.5 Å². The molecule has 32 heavy (non-hydrogen) atoms. The molecule has 8 heteroatoms. The highest BCUT2D eigenvalue weighted by Crippen LogP contribution is 2.30. The normalized spacial score (nSPS) is 16.7. The molecule has 2 fully saturated rings. The molecule has 0 bridgehead atoms. The van der Waals surface area contributed by atoms with Crippen molar-refractivity contribution in [3.05, 3.63) is 54.1 Å². The third-order valence-electron chi connectivity index (χ3n) is 5.48. The van der Waals surface area contributed by atoms with Crippen molar-refractivity contribution in [2.75, 3.05) is 41.8 Å². The van der Waals surface area contributed by atoms with Crippen LogP contribution in [0.25, 0.3) is 0 Å². The minimum absolute atomic E-state index is 0.0390. The van der Waals surface area contributed by atoms with Gasteiger partial charge in [0, 0.05) is 36.1 Å². The van der Waals surface area contributed by atoms with E-state index < -0.39 is 18.0 Å². The van der Waals surface area contributed by atoms with E-state index in [4.69, 9.17) is 9.47 Å². The van der Waals surface area contributed by atoms with Gasteiger partial charge in [0.2, 0.25) is 5.91 Å². The van der Waals surface area contributed by atoms with Crippen LogP contribution in [0.3, 0.4) is 0 Å². The molecule has 1 unspecified atom stereocenters. The lowest BCUT2D eigenvalue weighted by molar-refractivity contribution is -0.123. The van der Waals surface area contributed by atoms with Crippen LogP contribution in [0, 0.1) is 5.92 Å². The van der Waals surface area contributed by atoms with Crippen LogP contribution in [0.15, 0.2) is 48.5 Å². The van der Waals surface area contributed by atoms with E-state index >= 15 is 0 Å². The third kappa shape index (κ3) is 5.64. The Kier molecular flexibility index (Phi) is 6.70. The number of carbonyl (C=O) groups excluding carboxylic acids is 3. The lowest BCUT2D eigenvalue weighted by Crippen LogP contribution is -2.36. The molecule has 4 rings (SSSR count). The Bertz CT molecular complexity index is 981. The highest BCUT2D eigenvalue weighted by molar-refractivity contribution is 5.99. The van der Waals surface area contributed by atoms with Crippen LogP contribution in [0.5, 0.6) is 0 Å². The number of anilines is 3. The predicted molar refractivity (Wildman–Crippen MR) is 121 cm³/mol.